The van der Waals surface area contributed by atoms with E-state index < -0.39 is 0 Å². The SMILES string of the molecule is F.F.F.F.F.F.F.F.F.F.[S].[S].[S].[S].[S]. The van der Waals surface area contributed by atoms with E-state index in [1.165, 1.54) is 0 Å². The second-order valence-electron chi connectivity index (χ2n) is 0. The molecule has 0 saturated heterocycles. The van der Waals surface area contributed by atoms with Crippen LogP contribution in [-0.4, -0.2) is 0 Å². The lowest BCUT2D eigenvalue weighted by Crippen LogP contribution is 0.419. The highest BCUT2D eigenvalue weighted by Crippen LogP contribution is 0.652. The maximum absolute atomic E-state index is 0. The smallest absolute Gasteiger partial charge is 0 e. The van der Waals surface area contributed by atoms with Crippen LogP contribution in [0.1, 0.15) is 0 Å². The van der Waals surface area contributed by atoms with Crippen molar-refractivity contribution in [3.05, 3.63) is 0 Å². The highest BCUT2D eigenvalue weighted by Gasteiger charge is 0.00419. The molecule has 0 aromatic heterocycles. The molecule has 15 heteroatoms. The Morgan fingerprint density at radius 3 is 0.133 bits per heavy atom. The van der Waals surface area contributed by atoms with Crippen LogP contribution in [0.4, 0.5) is 47.0 Å². The van der Waals surface area contributed by atoms with Gasteiger partial charge in [-0.1, -0.05) is 0 Å². The van der Waals surface area contributed by atoms with E-state index in [0.29, 0.717) is 0 Å². The summed E-state index contributed by atoms with van der Waals surface area (Å²) in [6.45, 7) is 0. The summed E-state index contributed by atoms with van der Waals surface area (Å²) >= 11 is 0. The summed E-state index contributed by atoms with van der Waals surface area (Å²) in [5, 5.41) is 0. The van der Waals surface area contributed by atoms with Crippen molar-refractivity contribution >= 4 is 67.5 Å². The summed E-state index contributed by atoms with van der Waals surface area (Å²) in [5.74, 6) is 0. The van der Waals surface area contributed by atoms with Crippen LogP contribution in [0.25, 0.3) is 0 Å². The predicted octanol–water partition coefficient (Wildman–Crippen LogP) is 4.77. The molecule has 0 amide bonds. The topological polar surface area (TPSA) is 0 Å². The maximum Gasteiger partial charge on any atom is 0 e. The third-order valence-corrected chi connectivity index (χ3v) is 0. The monoisotopic (exact) mass is 360 g/mol. The van der Waals surface area contributed by atoms with Crippen molar-refractivity contribution in [1.82, 2.24) is 0 Å². The Bertz CT molecular complexity index is 13.8. The van der Waals surface area contributed by atoms with E-state index in [1.807, 2.05) is 0 Å². The molecule has 110 valence electrons. The van der Waals surface area contributed by atoms with Gasteiger partial charge in [0.1, 0.15) is 0 Å². The summed E-state index contributed by atoms with van der Waals surface area (Å²) in [4.78, 5) is 0. The highest BCUT2D eigenvalue weighted by atomic mass is 32.1. The van der Waals surface area contributed by atoms with E-state index >= 15 is 0 Å². The van der Waals surface area contributed by atoms with Gasteiger partial charge in [0, 0.05) is 67.5 Å². The summed E-state index contributed by atoms with van der Waals surface area (Å²) in [6, 6.07) is 0. The number of halogens is 10. The van der Waals surface area contributed by atoms with Gasteiger partial charge in [-0.15, -0.1) is 0 Å². The second-order valence-corrected chi connectivity index (χ2v) is 0. The molecule has 0 rings (SSSR count). The molecule has 0 fully saturated rings. The molecule has 0 heterocycles. The molecule has 10 radical (unpaired) electrons. The summed E-state index contributed by atoms with van der Waals surface area (Å²) in [7, 11) is 0. The van der Waals surface area contributed by atoms with E-state index in [2.05, 4.69) is 0 Å². The van der Waals surface area contributed by atoms with E-state index in [-0.39, 0.29) is 115 Å². The Balaban J connectivity index is 0. The highest BCUT2D eigenvalue weighted by molar-refractivity contribution is 7.60. The lowest BCUT2D eigenvalue weighted by atomic mass is 19.0. The summed E-state index contributed by atoms with van der Waals surface area (Å²) in [6.07, 6.45) is 0. The molecular weight excluding hydrogens is 350 g/mol. The van der Waals surface area contributed by atoms with Gasteiger partial charge < -0.3 is 0 Å². The van der Waals surface area contributed by atoms with Gasteiger partial charge in [-0.2, -0.15) is 0 Å². The fourth-order valence-electron chi connectivity index (χ4n) is 0. The molecule has 0 spiro atoms. The van der Waals surface area contributed by atoms with Crippen molar-refractivity contribution in [3.8, 4) is 0 Å². The van der Waals surface area contributed by atoms with Gasteiger partial charge in [-0.05, 0) is 0 Å². The van der Waals surface area contributed by atoms with Crippen LogP contribution in [0.15, 0.2) is 0 Å². The molecular formula is H10F10S5. The van der Waals surface area contributed by atoms with Gasteiger partial charge in [0.05, 0.1) is 0 Å². The zero-order valence-corrected chi connectivity index (χ0v) is 10.2. The first-order chi connectivity index (χ1) is 0. The number of rotatable bonds is 0. The fourth-order valence-corrected chi connectivity index (χ4v) is 0. The third kappa shape index (κ3) is 2320. The van der Waals surface area contributed by atoms with Gasteiger partial charge in [0.15, 0.2) is 0 Å². The Morgan fingerprint density at radius 2 is 0.133 bits per heavy atom. The van der Waals surface area contributed by atoms with Crippen molar-refractivity contribution in [2.45, 2.75) is 0 Å². The van der Waals surface area contributed by atoms with Crippen molar-refractivity contribution in [2.24, 2.45) is 0 Å². The van der Waals surface area contributed by atoms with Crippen molar-refractivity contribution in [3.63, 3.8) is 0 Å². The zero-order valence-electron chi connectivity index (χ0n) is 6.12. The minimum Gasteiger partial charge on any atom is -0.269 e. The maximum atomic E-state index is 0. The normalized spacial score (nSPS) is 0. The van der Waals surface area contributed by atoms with Crippen LogP contribution in [-0.2, 0) is 0 Å². The summed E-state index contributed by atoms with van der Waals surface area (Å²) < 4.78 is 0. The lowest BCUT2D eigenvalue weighted by Gasteiger charge is -0.270. The van der Waals surface area contributed by atoms with Gasteiger partial charge in [0.25, 0.3) is 0 Å². The van der Waals surface area contributed by atoms with E-state index in [4.69, 9.17) is 0 Å². The molecule has 0 aromatic carbocycles. The van der Waals surface area contributed by atoms with Crippen LogP contribution in [0.5, 0.6) is 0 Å². The van der Waals surface area contributed by atoms with E-state index in [9.17, 15) is 0 Å². The van der Waals surface area contributed by atoms with E-state index in [0.717, 1.165) is 0 Å². The molecule has 0 saturated carbocycles. The molecule has 0 unspecified atom stereocenters. The van der Waals surface area contributed by atoms with Gasteiger partial charge in [-0.3, -0.25) is 47.0 Å². The Labute approximate surface area is 115 Å². The van der Waals surface area contributed by atoms with Crippen LogP contribution in [0, 0.1) is 0 Å². The molecule has 0 aliphatic rings. The van der Waals surface area contributed by atoms with Gasteiger partial charge in [-0.25, -0.2) is 0 Å². The Morgan fingerprint density at radius 1 is 0.133 bits per heavy atom. The standard InChI is InChI=1S/10FH.5S/h10*1H;;;;;. The Kier molecular flexibility index (Phi) is 592000. The van der Waals surface area contributed by atoms with Gasteiger partial charge in [0.2, 0.25) is 0 Å². The largest absolute Gasteiger partial charge is 0.269 e. The van der Waals surface area contributed by atoms with Crippen LogP contribution in [0.3, 0.4) is 0 Å². The number of hydrogen-bond donors (Lipinski definition) is 0. The first kappa shape index (κ1) is 3300. The average Bonchev–Trinajstić information content (AvgIpc) is 0. The lowest BCUT2D eigenvalue weighted by molar-refractivity contribution is 1.11. The molecule has 0 atom stereocenters. The Hall–Kier alpha value is 1.05. The van der Waals surface area contributed by atoms with Crippen molar-refractivity contribution in [1.29, 1.82) is 0 Å². The molecule has 0 aliphatic carbocycles. The molecule has 15 heavy (non-hydrogen) atoms. The minimum atomic E-state index is 0. The predicted molar refractivity (Wildman–Crippen MR) is 63.0 cm³/mol. The molecule has 0 aromatic rings. The second kappa shape index (κ2) is 2690. The number of hydrogen-bond acceptors (Lipinski definition) is 0. The van der Waals surface area contributed by atoms with Crippen LogP contribution in [0.2, 0.25) is 0 Å². The van der Waals surface area contributed by atoms with Crippen LogP contribution >= 0.6 is 67.5 Å². The van der Waals surface area contributed by atoms with E-state index in [1.54, 1.807) is 0 Å². The molecule has 0 aliphatic heterocycles. The average molecular weight is 360 g/mol. The molecule has 0 nitrogen and oxygen atoms in total. The fraction of sp³-hybridized carbons (Fsp3) is 0. The first-order valence-corrected chi connectivity index (χ1v) is 0. The molecule has 0 bridgehead atoms. The zero-order chi connectivity index (χ0) is 0. The minimum absolute atomic E-state index is 0. The van der Waals surface area contributed by atoms with Gasteiger partial charge >= 0.3 is 0 Å². The van der Waals surface area contributed by atoms with Crippen LogP contribution < -0.4 is 0 Å². The molecule has 0 N–H and O–H groups in total. The van der Waals surface area contributed by atoms with Crippen molar-refractivity contribution in [2.75, 3.05) is 0 Å². The third-order valence-electron chi connectivity index (χ3n) is 0. The quantitative estimate of drug-likeness (QED) is 0.546. The first-order valence-electron chi connectivity index (χ1n) is 0. The summed E-state index contributed by atoms with van der Waals surface area (Å²) in [5.41, 5.74) is 0. The van der Waals surface area contributed by atoms with Crippen molar-refractivity contribution < 1.29 is 47.0 Å².